The summed E-state index contributed by atoms with van der Waals surface area (Å²) in [4.78, 5) is 44.6. The highest BCUT2D eigenvalue weighted by molar-refractivity contribution is 6.07. The van der Waals surface area contributed by atoms with Gasteiger partial charge in [0.15, 0.2) is 0 Å². The van der Waals surface area contributed by atoms with Gasteiger partial charge in [-0.05, 0) is 64.1 Å². The van der Waals surface area contributed by atoms with Crippen LogP contribution in [0, 0.1) is 5.92 Å². The number of carbonyl (C=O) groups excluding carboxylic acids is 3. The lowest BCUT2D eigenvalue weighted by molar-refractivity contribution is -0.134. The molecule has 3 aliphatic heterocycles. The average molecular weight is 431 g/mol. The number of carbonyl (C=O) groups is 3. The molecule has 4 heterocycles. The summed E-state index contributed by atoms with van der Waals surface area (Å²) >= 11 is 0. The summed E-state index contributed by atoms with van der Waals surface area (Å²) in [5.74, 6) is -0.0723. The van der Waals surface area contributed by atoms with Gasteiger partial charge < -0.3 is 19.5 Å². The van der Waals surface area contributed by atoms with Gasteiger partial charge in [0, 0.05) is 25.7 Å². The van der Waals surface area contributed by atoms with Gasteiger partial charge in [-0.2, -0.15) is 0 Å². The van der Waals surface area contributed by atoms with Crippen molar-refractivity contribution in [3.8, 4) is 0 Å². The first-order valence-electron chi connectivity index (χ1n) is 11.6. The van der Waals surface area contributed by atoms with E-state index in [1.54, 1.807) is 6.07 Å². The lowest BCUT2D eigenvalue weighted by Crippen LogP contribution is -2.56. The van der Waals surface area contributed by atoms with E-state index in [9.17, 15) is 14.4 Å². The van der Waals surface area contributed by atoms with E-state index in [0.29, 0.717) is 50.5 Å². The minimum atomic E-state index is -0.835. The molecule has 3 saturated heterocycles. The zero-order valence-electron chi connectivity index (χ0n) is 18.6. The van der Waals surface area contributed by atoms with E-state index in [1.807, 2.05) is 4.90 Å². The van der Waals surface area contributed by atoms with Crippen LogP contribution in [0.3, 0.4) is 0 Å². The Morgan fingerprint density at radius 2 is 2.00 bits per heavy atom. The van der Waals surface area contributed by atoms with Crippen LogP contribution in [0.5, 0.6) is 0 Å². The van der Waals surface area contributed by atoms with Crippen molar-refractivity contribution < 1.29 is 18.8 Å². The summed E-state index contributed by atoms with van der Waals surface area (Å²) < 4.78 is 5.03. The lowest BCUT2D eigenvalue weighted by atomic mass is 9.74. The maximum atomic E-state index is 13.6. The standard InChI is InChI=1S/C23H34N4O4/c1-3-10-23(18-6-12-26(13-7-18)20(28)17-9-15-31-16-17)21(29)27(22(30)24-23)14-8-19-5-4-11-25(19)2/h9,15-16,18-19H,3-8,10-14H2,1-2H3,(H,24,30)/t19-,23+/m1/s1. The van der Waals surface area contributed by atoms with Crippen molar-refractivity contribution in [2.45, 2.75) is 63.5 Å². The molecule has 0 radical (unpaired) electrons. The molecular formula is C23H34N4O4. The molecule has 0 saturated carbocycles. The number of hydrogen-bond acceptors (Lipinski definition) is 5. The molecule has 0 bridgehead atoms. The Kier molecular flexibility index (Phi) is 6.36. The van der Waals surface area contributed by atoms with E-state index in [2.05, 4.69) is 24.2 Å². The van der Waals surface area contributed by atoms with E-state index < -0.39 is 5.54 Å². The van der Waals surface area contributed by atoms with Crippen molar-refractivity contribution >= 4 is 17.8 Å². The van der Waals surface area contributed by atoms with Gasteiger partial charge in [-0.1, -0.05) is 13.3 Å². The summed E-state index contributed by atoms with van der Waals surface area (Å²) in [5, 5.41) is 3.10. The van der Waals surface area contributed by atoms with Gasteiger partial charge in [-0.25, -0.2) is 4.79 Å². The largest absolute Gasteiger partial charge is 0.472 e. The highest BCUT2D eigenvalue weighted by Gasteiger charge is 2.55. The molecule has 1 aromatic heterocycles. The normalized spacial score (nSPS) is 27.9. The summed E-state index contributed by atoms with van der Waals surface area (Å²) in [7, 11) is 2.11. The maximum absolute atomic E-state index is 13.6. The SMILES string of the molecule is CCC[C@@]1(C2CCN(C(=O)c3ccoc3)CC2)NC(=O)N(CC[C@H]2CCCN2C)C1=O. The zero-order chi connectivity index (χ0) is 22.0. The number of nitrogens with one attached hydrogen (secondary N) is 1. The predicted molar refractivity (Wildman–Crippen MR) is 115 cm³/mol. The quantitative estimate of drug-likeness (QED) is 0.672. The van der Waals surface area contributed by atoms with Crippen LogP contribution in [-0.2, 0) is 4.79 Å². The van der Waals surface area contributed by atoms with Crippen molar-refractivity contribution in [1.82, 2.24) is 20.0 Å². The number of likely N-dealkylation sites (tertiary alicyclic amines) is 2. The van der Waals surface area contributed by atoms with Crippen LogP contribution >= 0.6 is 0 Å². The fraction of sp³-hybridized carbons (Fsp3) is 0.696. The topological polar surface area (TPSA) is 86.1 Å². The highest BCUT2D eigenvalue weighted by Crippen LogP contribution is 2.37. The molecule has 3 aliphatic rings. The van der Waals surface area contributed by atoms with Gasteiger partial charge in [0.05, 0.1) is 11.8 Å². The number of nitrogens with zero attached hydrogens (tertiary/aromatic N) is 3. The molecule has 4 rings (SSSR count). The second-order valence-electron chi connectivity index (χ2n) is 9.25. The number of rotatable bonds is 7. The first kappa shape index (κ1) is 21.9. The fourth-order valence-electron chi connectivity index (χ4n) is 5.66. The Balaban J connectivity index is 1.42. The summed E-state index contributed by atoms with van der Waals surface area (Å²) in [5.41, 5.74) is -0.284. The monoisotopic (exact) mass is 430 g/mol. The van der Waals surface area contributed by atoms with Crippen LogP contribution in [0.1, 0.15) is 62.2 Å². The van der Waals surface area contributed by atoms with Crippen LogP contribution in [0.4, 0.5) is 4.79 Å². The average Bonchev–Trinajstić information content (AvgIpc) is 3.49. The Bertz CT molecular complexity index is 803. The van der Waals surface area contributed by atoms with Crippen LogP contribution in [0.15, 0.2) is 23.0 Å². The number of hydrogen-bond donors (Lipinski definition) is 1. The van der Waals surface area contributed by atoms with Gasteiger partial charge >= 0.3 is 6.03 Å². The van der Waals surface area contributed by atoms with Crippen molar-refractivity contribution in [2.24, 2.45) is 5.92 Å². The second-order valence-corrected chi connectivity index (χ2v) is 9.25. The number of urea groups is 1. The van der Waals surface area contributed by atoms with Gasteiger partial charge in [0.2, 0.25) is 0 Å². The third kappa shape index (κ3) is 4.10. The Labute approximate surface area is 183 Å². The summed E-state index contributed by atoms with van der Waals surface area (Å²) in [6.07, 6.45) is 8.96. The minimum absolute atomic E-state index is 0.0384. The smallest absolute Gasteiger partial charge is 0.325 e. The summed E-state index contributed by atoms with van der Waals surface area (Å²) in [6.45, 7) is 4.77. The first-order valence-corrected chi connectivity index (χ1v) is 11.6. The number of imide groups is 1. The molecule has 1 N–H and O–H groups in total. The predicted octanol–water partition coefficient (Wildman–Crippen LogP) is 2.71. The van der Waals surface area contributed by atoms with E-state index in [4.69, 9.17) is 4.42 Å². The van der Waals surface area contributed by atoms with Crippen molar-refractivity contribution in [1.29, 1.82) is 0 Å². The molecular weight excluding hydrogens is 396 g/mol. The third-order valence-electron chi connectivity index (χ3n) is 7.45. The maximum Gasteiger partial charge on any atom is 0.325 e. The lowest BCUT2D eigenvalue weighted by Gasteiger charge is -2.40. The molecule has 0 unspecified atom stereocenters. The number of piperidine rings is 1. The van der Waals surface area contributed by atoms with Gasteiger partial charge in [-0.3, -0.25) is 14.5 Å². The van der Waals surface area contributed by atoms with E-state index >= 15 is 0 Å². The van der Waals surface area contributed by atoms with E-state index in [-0.39, 0.29) is 23.8 Å². The van der Waals surface area contributed by atoms with Gasteiger partial charge in [-0.15, -0.1) is 0 Å². The van der Waals surface area contributed by atoms with Crippen LogP contribution < -0.4 is 5.32 Å². The van der Waals surface area contributed by atoms with E-state index in [1.165, 1.54) is 23.8 Å². The van der Waals surface area contributed by atoms with Crippen LogP contribution in [0.2, 0.25) is 0 Å². The molecule has 2 atom stereocenters. The molecule has 4 amide bonds. The van der Waals surface area contributed by atoms with Crippen molar-refractivity contribution in [3.63, 3.8) is 0 Å². The molecule has 0 aliphatic carbocycles. The molecule has 8 nitrogen and oxygen atoms in total. The van der Waals surface area contributed by atoms with Crippen molar-refractivity contribution in [2.75, 3.05) is 33.2 Å². The molecule has 8 heteroatoms. The molecule has 0 aromatic carbocycles. The Morgan fingerprint density at radius 1 is 1.23 bits per heavy atom. The fourth-order valence-corrected chi connectivity index (χ4v) is 5.66. The Hall–Kier alpha value is -2.35. The number of amides is 4. The molecule has 170 valence electrons. The first-order chi connectivity index (χ1) is 15.0. The molecule has 1 aromatic rings. The zero-order valence-corrected chi connectivity index (χ0v) is 18.6. The highest BCUT2D eigenvalue weighted by atomic mass is 16.3. The number of furan rings is 1. The Morgan fingerprint density at radius 3 is 2.61 bits per heavy atom. The van der Waals surface area contributed by atoms with Gasteiger partial charge in [0.1, 0.15) is 11.8 Å². The third-order valence-corrected chi connectivity index (χ3v) is 7.45. The second kappa shape index (κ2) is 9.02. The molecule has 0 spiro atoms. The molecule has 31 heavy (non-hydrogen) atoms. The minimum Gasteiger partial charge on any atom is -0.472 e. The van der Waals surface area contributed by atoms with Gasteiger partial charge in [0.25, 0.3) is 11.8 Å². The van der Waals surface area contributed by atoms with Crippen LogP contribution in [-0.4, -0.2) is 77.4 Å². The van der Waals surface area contributed by atoms with E-state index in [0.717, 1.165) is 25.8 Å². The summed E-state index contributed by atoms with van der Waals surface area (Å²) in [6, 6.07) is 1.86. The van der Waals surface area contributed by atoms with Crippen molar-refractivity contribution in [3.05, 3.63) is 24.2 Å². The molecule has 3 fully saturated rings. The van der Waals surface area contributed by atoms with Crippen LogP contribution in [0.25, 0.3) is 0 Å².